The van der Waals surface area contributed by atoms with Gasteiger partial charge in [-0.15, -0.1) is 0 Å². The van der Waals surface area contributed by atoms with Crippen LogP contribution in [0.1, 0.15) is 5.56 Å². The maximum atomic E-state index is 13.7. The summed E-state index contributed by atoms with van der Waals surface area (Å²) in [7, 11) is -1.43. The van der Waals surface area contributed by atoms with Crippen molar-refractivity contribution in [3.8, 4) is 5.75 Å². The molecule has 0 heterocycles. The summed E-state index contributed by atoms with van der Waals surface area (Å²) in [6.07, 6.45) is 1.38. The number of urea groups is 1. The van der Waals surface area contributed by atoms with Gasteiger partial charge in [-0.1, -0.05) is 0 Å². The highest BCUT2D eigenvalue weighted by atomic mass is 32.2. The van der Waals surface area contributed by atoms with Gasteiger partial charge in [0, 0.05) is 17.6 Å². The number of amides is 2. The highest BCUT2D eigenvalue weighted by Crippen LogP contribution is 2.21. The van der Waals surface area contributed by atoms with E-state index >= 15 is 0 Å². The lowest BCUT2D eigenvalue weighted by atomic mass is 10.2. The number of aromatic hydroxyl groups is 1. The standard InChI is InChI=1S/C15H15FN2O3S/c1-9-7-11(19)4-5-13(9)18-15(20)17-10-3-6-14(22(2)21)12(16)8-10/h3-8,19H,1-2H3,(H2,17,18,20). The Bertz CT molecular complexity index is 750. The van der Waals surface area contributed by atoms with E-state index in [1.807, 2.05) is 0 Å². The average molecular weight is 322 g/mol. The first-order valence-electron chi connectivity index (χ1n) is 6.37. The number of nitrogens with one attached hydrogen (secondary N) is 2. The number of rotatable bonds is 3. The predicted octanol–water partition coefficient (Wildman–Crippen LogP) is 3.22. The summed E-state index contributed by atoms with van der Waals surface area (Å²) in [5, 5.41) is 14.4. The van der Waals surface area contributed by atoms with E-state index < -0.39 is 22.6 Å². The molecule has 0 aliphatic rings. The maximum Gasteiger partial charge on any atom is 0.323 e. The van der Waals surface area contributed by atoms with E-state index in [1.54, 1.807) is 13.0 Å². The molecule has 0 saturated carbocycles. The fourth-order valence-corrected chi connectivity index (χ4v) is 2.48. The number of phenols is 1. The Morgan fingerprint density at radius 3 is 2.50 bits per heavy atom. The summed E-state index contributed by atoms with van der Waals surface area (Å²) in [5.41, 5.74) is 1.47. The van der Waals surface area contributed by atoms with Crippen LogP contribution in [0.4, 0.5) is 20.6 Å². The van der Waals surface area contributed by atoms with Crippen LogP contribution in [0.5, 0.6) is 5.75 Å². The number of phenolic OH excluding ortho intramolecular Hbond substituents is 1. The van der Waals surface area contributed by atoms with Gasteiger partial charge in [-0.3, -0.25) is 4.21 Å². The van der Waals surface area contributed by atoms with Crippen molar-refractivity contribution in [2.45, 2.75) is 11.8 Å². The van der Waals surface area contributed by atoms with Gasteiger partial charge in [-0.05, 0) is 48.9 Å². The molecule has 2 aromatic rings. The van der Waals surface area contributed by atoms with Crippen LogP contribution in [0.2, 0.25) is 0 Å². The van der Waals surface area contributed by atoms with Crippen LogP contribution >= 0.6 is 0 Å². The summed E-state index contributed by atoms with van der Waals surface area (Å²) in [5.74, 6) is -0.534. The Balaban J connectivity index is 2.09. The van der Waals surface area contributed by atoms with Crippen molar-refractivity contribution in [2.75, 3.05) is 16.9 Å². The number of hydrogen-bond acceptors (Lipinski definition) is 3. The Morgan fingerprint density at radius 1 is 1.18 bits per heavy atom. The van der Waals surface area contributed by atoms with E-state index in [2.05, 4.69) is 10.6 Å². The lowest BCUT2D eigenvalue weighted by molar-refractivity contribution is 0.262. The fraction of sp³-hybridized carbons (Fsp3) is 0.133. The van der Waals surface area contributed by atoms with Crippen molar-refractivity contribution in [1.82, 2.24) is 0 Å². The quantitative estimate of drug-likeness (QED) is 0.759. The van der Waals surface area contributed by atoms with Crippen molar-refractivity contribution in [2.24, 2.45) is 0 Å². The zero-order valence-corrected chi connectivity index (χ0v) is 12.8. The third-order valence-electron chi connectivity index (χ3n) is 2.96. The minimum Gasteiger partial charge on any atom is -0.508 e. The largest absolute Gasteiger partial charge is 0.508 e. The summed E-state index contributed by atoms with van der Waals surface area (Å²) >= 11 is 0. The molecule has 2 aromatic carbocycles. The third kappa shape index (κ3) is 3.82. The topological polar surface area (TPSA) is 78.4 Å². The van der Waals surface area contributed by atoms with Crippen molar-refractivity contribution >= 4 is 28.2 Å². The highest BCUT2D eigenvalue weighted by molar-refractivity contribution is 7.84. The molecule has 0 bridgehead atoms. The van der Waals surface area contributed by atoms with Crippen LogP contribution in [-0.2, 0) is 10.8 Å². The molecule has 0 aliphatic carbocycles. The highest BCUT2D eigenvalue weighted by Gasteiger charge is 2.09. The summed E-state index contributed by atoms with van der Waals surface area (Å²) < 4.78 is 25.0. The fourth-order valence-electron chi connectivity index (χ4n) is 1.88. The lowest BCUT2D eigenvalue weighted by Crippen LogP contribution is -2.20. The molecule has 0 radical (unpaired) electrons. The summed E-state index contributed by atoms with van der Waals surface area (Å²) in [6, 6.07) is 7.94. The first kappa shape index (κ1) is 16.0. The number of benzene rings is 2. The van der Waals surface area contributed by atoms with Crippen LogP contribution in [0.25, 0.3) is 0 Å². The number of anilines is 2. The molecule has 116 valence electrons. The number of hydrogen-bond donors (Lipinski definition) is 3. The number of aryl methyl sites for hydroxylation is 1. The van der Waals surface area contributed by atoms with Gasteiger partial charge in [0.05, 0.1) is 15.7 Å². The van der Waals surface area contributed by atoms with Gasteiger partial charge in [0.1, 0.15) is 11.6 Å². The number of carbonyl (C=O) groups excluding carboxylic acids is 1. The Labute approximate surface area is 129 Å². The van der Waals surface area contributed by atoms with Gasteiger partial charge in [-0.2, -0.15) is 0 Å². The Hall–Kier alpha value is -2.41. The van der Waals surface area contributed by atoms with E-state index in [0.29, 0.717) is 11.3 Å². The molecule has 5 nitrogen and oxygen atoms in total. The first-order valence-corrected chi connectivity index (χ1v) is 7.93. The molecule has 3 N–H and O–H groups in total. The second-order valence-corrected chi connectivity index (χ2v) is 6.03. The van der Waals surface area contributed by atoms with Gasteiger partial charge >= 0.3 is 6.03 Å². The Morgan fingerprint density at radius 2 is 1.91 bits per heavy atom. The summed E-state index contributed by atoms with van der Waals surface area (Å²) in [4.78, 5) is 12.0. The zero-order chi connectivity index (χ0) is 16.3. The monoisotopic (exact) mass is 322 g/mol. The molecule has 7 heteroatoms. The molecule has 0 aromatic heterocycles. The normalized spacial score (nSPS) is 11.8. The van der Waals surface area contributed by atoms with E-state index in [1.165, 1.54) is 30.5 Å². The Kier molecular flexibility index (Phi) is 4.77. The average Bonchev–Trinajstić information content (AvgIpc) is 2.41. The van der Waals surface area contributed by atoms with E-state index in [9.17, 15) is 18.5 Å². The smallest absolute Gasteiger partial charge is 0.323 e. The van der Waals surface area contributed by atoms with Crippen LogP contribution < -0.4 is 10.6 Å². The molecule has 0 aliphatic heterocycles. The van der Waals surface area contributed by atoms with Gasteiger partial charge in [0.2, 0.25) is 0 Å². The van der Waals surface area contributed by atoms with Crippen LogP contribution in [0.15, 0.2) is 41.3 Å². The van der Waals surface area contributed by atoms with Crippen molar-refractivity contribution in [1.29, 1.82) is 0 Å². The third-order valence-corrected chi connectivity index (χ3v) is 3.91. The number of carbonyl (C=O) groups is 1. The minimum atomic E-state index is -1.43. The minimum absolute atomic E-state index is 0.0836. The van der Waals surface area contributed by atoms with Gasteiger partial charge in [0.15, 0.2) is 0 Å². The second kappa shape index (κ2) is 6.57. The molecule has 1 unspecified atom stereocenters. The zero-order valence-electron chi connectivity index (χ0n) is 12.0. The van der Waals surface area contributed by atoms with Crippen molar-refractivity contribution < 1.29 is 18.5 Å². The van der Waals surface area contributed by atoms with E-state index in [-0.39, 0.29) is 16.3 Å². The van der Waals surface area contributed by atoms with Gasteiger partial charge in [-0.25, -0.2) is 9.18 Å². The van der Waals surface area contributed by atoms with Crippen LogP contribution in [0, 0.1) is 12.7 Å². The molecule has 0 fully saturated rings. The molecular weight excluding hydrogens is 307 g/mol. The second-order valence-electron chi connectivity index (χ2n) is 4.68. The van der Waals surface area contributed by atoms with E-state index in [4.69, 9.17) is 0 Å². The molecule has 2 rings (SSSR count). The van der Waals surface area contributed by atoms with Gasteiger partial charge < -0.3 is 15.7 Å². The SMILES string of the molecule is Cc1cc(O)ccc1NC(=O)Nc1ccc(S(C)=O)c(F)c1. The maximum absolute atomic E-state index is 13.7. The predicted molar refractivity (Wildman–Crippen MR) is 84.2 cm³/mol. The van der Waals surface area contributed by atoms with Crippen LogP contribution in [-0.4, -0.2) is 21.6 Å². The molecule has 0 spiro atoms. The summed E-state index contributed by atoms with van der Waals surface area (Å²) in [6.45, 7) is 1.74. The first-order chi connectivity index (χ1) is 10.4. The molecule has 2 amide bonds. The lowest BCUT2D eigenvalue weighted by Gasteiger charge is -2.10. The van der Waals surface area contributed by atoms with Crippen molar-refractivity contribution in [3.05, 3.63) is 47.8 Å². The van der Waals surface area contributed by atoms with E-state index in [0.717, 1.165) is 6.07 Å². The molecule has 0 saturated heterocycles. The molecule has 1 atom stereocenters. The number of halogens is 1. The molecular formula is C15H15FN2O3S. The van der Waals surface area contributed by atoms with Crippen LogP contribution in [0.3, 0.4) is 0 Å². The molecule has 22 heavy (non-hydrogen) atoms. The van der Waals surface area contributed by atoms with Gasteiger partial charge in [0.25, 0.3) is 0 Å². The van der Waals surface area contributed by atoms with Crippen molar-refractivity contribution in [3.63, 3.8) is 0 Å².